The number of carboxylic acid groups (broad SMARTS) is 1. The summed E-state index contributed by atoms with van der Waals surface area (Å²) in [5.74, 6) is -0.137. The summed E-state index contributed by atoms with van der Waals surface area (Å²) in [7, 11) is 0. The Kier molecular flexibility index (Phi) is 4.38. The Balaban J connectivity index is 1.67. The molecule has 118 valence electrons. The molecule has 1 aliphatic carbocycles. The number of hydrogen-bond donors (Lipinski definition) is 1. The molecule has 0 aromatic heterocycles. The van der Waals surface area contributed by atoms with Crippen LogP contribution in [0.1, 0.15) is 19.3 Å². The molecule has 1 amide bonds. The summed E-state index contributed by atoms with van der Waals surface area (Å²) >= 11 is 3.36. The maximum absolute atomic E-state index is 12.4. The van der Waals surface area contributed by atoms with Crippen LogP contribution in [0.5, 0.6) is 5.75 Å². The van der Waals surface area contributed by atoms with Crippen molar-refractivity contribution in [1.29, 1.82) is 0 Å². The van der Waals surface area contributed by atoms with Gasteiger partial charge >= 0.3 is 5.97 Å². The third-order valence-electron chi connectivity index (χ3n) is 4.65. The molecule has 22 heavy (non-hydrogen) atoms. The Morgan fingerprint density at radius 1 is 1.32 bits per heavy atom. The second-order valence-corrected chi connectivity index (χ2v) is 6.76. The van der Waals surface area contributed by atoms with Crippen molar-refractivity contribution < 1.29 is 19.4 Å². The first-order valence-electron chi connectivity index (χ1n) is 7.47. The predicted molar refractivity (Wildman–Crippen MR) is 83.6 cm³/mol. The van der Waals surface area contributed by atoms with Crippen LogP contribution in [0.2, 0.25) is 0 Å². The fourth-order valence-electron chi connectivity index (χ4n) is 3.66. The molecule has 1 N–H and O–H groups in total. The third-order valence-corrected chi connectivity index (χ3v) is 5.31. The van der Waals surface area contributed by atoms with Crippen molar-refractivity contribution in [2.45, 2.75) is 25.3 Å². The van der Waals surface area contributed by atoms with Crippen LogP contribution in [0.4, 0.5) is 0 Å². The van der Waals surface area contributed by atoms with Crippen LogP contribution in [0.15, 0.2) is 28.7 Å². The highest BCUT2D eigenvalue weighted by molar-refractivity contribution is 9.10. The molecular formula is C16H18BrNO4. The van der Waals surface area contributed by atoms with Gasteiger partial charge in [-0.15, -0.1) is 0 Å². The van der Waals surface area contributed by atoms with E-state index in [1.165, 1.54) is 4.90 Å². The number of carboxylic acids is 1. The number of fused-ring (bicyclic) bond motifs is 1. The summed E-state index contributed by atoms with van der Waals surface area (Å²) in [6.45, 7) is 0.408. The van der Waals surface area contributed by atoms with Gasteiger partial charge in [-0.3, -0.25) is 4.79 Å². The maximum Gasteiger partial charge on any atom is 0.326 e. The molecule has 6 heteroatoms. The third kappa shape index (κ3) is 2.84. The summed E-state index contributed by atoms with van der Waals surface area (Å²) in [4.78, 5) is 25.4. The van der Waals surface area contributed by atoms with Gasteiger partial charge in [-0.05, 0) is 52.7 Å². The van der Waals surface area contributed by atoms with E-state index < -0.39 is 12.0 Å². The van der Waals surface area contributed by atoms with Crippen LogP contribution in [0.3, 0.4) is 0 Å². The molecule has 2 aliphatic rings. The zero-order valence-electron chi connectivity index (χ0n) is 12.1. The number of amides is 1. The van der Waals surface area contributed by atoms with E-state index in [1.54, 1.807) is 6.07 Å². The molecule has 1 saturated carbocycles. The Morgan fingerprint density at radius 2 is 2.09 bits per heavy atom. The van der Waals surface area contributed by atoms with Crippen molar-refractivity contribution in [3.8, 4) is 5.75 Å². The van der Waals surface area contributed by atoms with Crippen LogP contribution in [0, 0.1) is 11.8 Å². The van der Waals surface area contributed by atoms with E-state index in [4.69, 9.17) is 4.74 Å². The van der Waals surface area contributed by atoms with Crippen LogP contribution >= 0.6 is 15.9 Å². The molecule has 1 aromatic carbocycles. The molecule has 3 atom stereocenters. The van der Waals surface area contributed by atoms with E-state index >= 15 is 0 Å². The number of hydrogen-bond acceptors (Lipinski definition) is 3. The molecule has 1 saturated heterocycles. The zero-order valence-corrected chi connectivity index (χ0v) is 13.7. The summed E-state index contributed by atoms with van der Waals surface area (Å²) in [5.41, 5.74) is 0. The first kappa shape index (κ1) is 15.3. The van der Waals surface area contributed by atoms with Crippen molar-refractivity contribution in [1.82, 2.24) is 4.90 Å². The predicted octanol–water partition coefficient (Wildman–Crippen LogP) is 2.54. The lowest BCUT2D eigenvalue weighted by Crippen LogP contribution is -2.45. The van der Waals surface area contributed by atoms with Crippen molar-refractivity contribution in [3.63, 3.8) is 0 Å². The van der Waals surface area contributed by atoms with Crippen molar-refractivity contribution in [2.24, 2.45) is 11.8 Å². The quantitative estimate of drug-likeness (QED) is 0.887. The lowest BCUT2D eigenvalue weighted by Gasteiger charge is -2.24. The van der Waals surface area contributed by atoms with Gasteiger partial charge in [0.05, 0.1) is 4.47 Å². The molecule has 0 bridgehead atoms. The fraction of sp³-hybridized carbons (Fsp3) is 0.500. The number of aliphatic carboxylic acids is 1. The van der Waals surface area contributed by atoms with Gasteiger partial charge in [0.2, 0.25) is 0 Å². The highest BCUT2D eigenvalue weighted by Crippen LogP contribution is 2.42. The Bertz CT molecular complexity index is 591. The minimum atomic E-state index is -0.899. The molecule has 0 radical (unpaired) electrons. The number of ether oxygens (including phenoxy) is 1. The summed E-state index contributed by atoms with van der Waals surface area (Å²) in [6, 6.07) is 6.60. The molecular weight excluding hydrogens is 350 g/mol. The zero-order chi connectivity index (χ0) is 15.7. The number of benzene rings is 1. The van der Waals surface area contributed by atoms with Gasteiger partial charge in [-0.1, -0.05) is 18.6 Å². The van der Waals surface area contributed by atoms with Crippen LogP contribution in [0.25, 0.3) is 0 Å². The van der Waals surface area contributed by atoms with E-state index in [-0.39, 0.29) is 18.4 Å². The molecule has 5 nitrogen and oxygen atoms in total. The standard InChI is InChI=1S/C16H18BrNO4/c17-12-6-1-2-7-13(12)22-9-14(19)18-8-10-4-3-5-11(10)15(18)16(20)21/h1-2,6-7,10-11,15H,3-5,8-9H2,(H,20,21). The first-order chi connectivity index (χ1) is 10.6. The number of halogens is 1. The van der Waals surface area contributed by atoms with E-state index in [0.717, 1.165) is 23.7 Å². The highest BCUT2D eigenvalue weighted by atomic mass is 79.9. The monoisotopic (exact) mass is 367 g/mol. The van der Waals surface area contributed by atoms with Gasteiger partial charge in [0.25, 0.3) is 5.91 Å². The number of carbonyl (C=O) groups excluding carboxylic acids is 1. The number of nitrogens with zero attached hydrogens (tertiary/aromatic N) is 1. The van der Waals surface area contributed by atoms with Gasteiger partial charge in [0.1, 0.15) is 11.8 Å². The van der Waals surface area contributed by atoms with Gasteiger partial charge in [0, 0.05) is 6.54 Å². The summed E-state index contributed by atoms with van der Waals surface area (Å²) in [6.07, 6.45) is 2.98. The van der Waals surface area contributed by atoms with Gasteiger partial charge < -0.3 is 14.7 Å². The topological polar surface area (TPSA) is 66.8 Å². The van der Waals surface area contributed by atoms with Crippen LogP contribution in [-0.4, -0.2) is 41.1 Å². The van der Waals surface area contributed by atoms with E-state index in [2.05, 4.69) is 15.9 Å². The van der Waals surface area contributed by atoms with Crippen LogP contribution < -0.4 is 4.74 Å². The Morgan fingerprint density at radius 3 is 2.82 bits per heavy atom. The van der Waals surface area contributed by atoms with Crippen molar-refractivity contribution >= 4 is 27.8 Å². The Hall–Kier alpha value is -1.56. The second-order valence-electron chi connectivity index (χ2n) is 5.90. The number of carbonyl (C=O) groups is 2. The smallest absolute Gasteiger partial charge is 0.326 e. The van der Waals surface area contributed by atoms with Crippen molar-refractivity contribution in [2.75, 3.05) is 13.2 Å². The summed E-state index contributed by atoms with van der Waals surface area (Å²) < 4.78 is 6.30. The first-order valence-corrected chi connectivity index (χ1v) is 8.27. The SMILES string of the molecule is O=C(O)C1C2CCCC2CN1C(=O)COc1ccccc1Br. The second kappa shape index (κ2) is 6.28. The van der Waals surface area contributed by atoms with Gasteiger partial charge in [-0.2, -0.15) is 0 Å². The van der Waals surface area contributed by atoms with E-state index in [1.807, 2.05) is 18.2 Å². The lowest BCUT2D eigenvalue weighted by atomic mass is 9.94. The normalized spacial score (nSPS) is 26.8. The van der Waals surface area contributed by atoms with Gasteiger partial charge in [0.15, 0.2) is 6.61 Å². The van der Waals surface area contributed by atoms with E-state index in [0.29, 0.717) is 18.2 Å². The molecule has 1 heterocycles. The minimum Gasteiger partial charge on any atom is -0.483 e. The van der Waals surface area contributed by atoms with Crippen molar-refractivity contribution in [3.05, 3.63) is 28.7 Å². The average Bonchev–Trinajstić information content (AvgIpc) is 3.05. The number of rotatable bonds is 4. The highest BCUT2D eigenvalue weighted by Gasteiger charge is 2.49. The largest absolute Gasteiger partial charge is 0.483 e. The fourth-order valence-corrected chi connectivity index (χ4v) is 4.06. The van der Waals surface area contributed by atoms with Crippen LogP contribution in [-0.2, 0) is 9.59 Å². The van der Waals surface area contributed by atoms with Gasteiger partial charge in [-0.25, -0.2) is 4.79 Å². The summed E-state index contributed by atoms with van der Waals surface area (Å²) in [5, 5.41) is 9.47. The number of likely N-dealkylation sites (tertiary alicyclic amines) is 1. The minimum absolute atomic E-state index is 0.102. The molecule has 1 aliphatic heterocycles. The molecule has 1 aromatic rings. The average molecular weight is 368 g/mol. The number of para-hydroxylation sites is 1. The molecule has 3 rings (SSSR count). The Labute approximate surface area is 137 Å². The maximum atomic E-state index is 12.4. The molecule has 2 fully saturated rings. The molecule has 0 spiro atoms. The molecule has 3 unspecified atom stereocenters. The lowest BCUT2D eigenvalue weighted by molar-refractivity contribution is -0.150. The van der Waals surface area contributed by atoms with E-state index in [9.17, 15) is 14.7 Å².